The summed E-state index contributed by atoms with van der Waals surface area (Å²) in [5.74, 6) is 0. The third-order valence-corrected chi connectivity index (χ3v) is 2.11. The van der Waals surface area contributed by atoms with Crippen molar-refractivity contribution in [2.75, 3.05) is 5.32 Å². The van der Waals surface area contributed by atoms with Crippen LogP contribution < -0.4 is 11.1 Å². The van der Waals surface area contributed by atoms with Crippen LogP contribution in [0.3, 0.4) is 0 Å². The van der Waals surface area contributed by atoms with Crippen molar-refractivity contribution >= 4 is 5.69 Å². The van der Waals surface area contributed by atoms with Gasteiger partial charge in [0.25, 0.3) is 0 Å². The Bertz CT molecular complexity index is 315. The molecule has 3 N–H and O–H groups in total. The molecule has 0 bridgehead atoms. The number of anilines is 1. The smallest absolute Gasteiger partial charge is 0.0412 e. The summed E-state index contributed by atoms with van der Waals surface area (Å²) >= 11 is 0. The van der Waals surface area contributed by atoms with Crippen molar-refractivity contribution in [1.29, 1.82) is 0 Å². The highest BCUT2D eigenvalue weighted by Crippen LogP contribution is 2.20. The number of nitrogens with one attached hydrogen (secondary N) is 1. The number of fused-ring (bicyclic) bond motifs is 1. The zero-order valence-corrected chi connectivity index (χ0v) is 6.88. The first-order valence-corrected chi connectivity index (χ1v) is 4.15. The molecule has 0 fully saturated rings. The summed E-state index contributed by atoms with van der Waals surface area (Å²) in [5.41, 5.74) is 9.16. The van der Waals surface area contributed by atoms with Crippen LogP contribution in [0.25, 0.3) is 0 Å². The van der Waals surface area contributed by atoms with Gasteiger partial charge >= 0.3 is 0 Å². The van der Waals surface area contributed by atoms with E-state index in [1.807, 2.05) is 12.3 Å². The average molecular weight is 160 g/mol. The van der Waals surface area contributed by atoms with Gasteiger partial charge in [0.1, 0.15) is 0 Å². The maximum absolute atomic E-state index is 5.71. The lowest BCUT2D eigenvalue weighted by Gasteiger charge is -2.03. The summed E-state index contributed by atoms with van der Waals surface area (Å²) in [5, 5.41) is 3.19. The number of hydrogen-bond acceptors (Lipinski definition) is 2. The fourth-order valence-corrected chi connectivity index (χ4v) is 1.40. The summed E-state index contributed by atoms with van der Waals surface area (Å²) in [6.45, 7) is 0. The number of hydrogen-bond donors (Lipinski definition) is 2. The van der Waals surface area contributed by atoms with Crippen molar-refractivity contribution in [2.45, 2.75) is 12.8 Å². The average Bonchev–Trinajstić information content (AvgIpc) is 2.29. The van der Waals surface area contributed by atoms with Crippen LogP contribution in [0.4, 0.5) is 5.69 Å². The lowest BCUT2D eigenvalue weighted by molar-refractivity contribution is 0.938. The molecule has 2 nitrogen and oxygen atoms in total. The Hall–Kier alpha value is -1.44. The van der Waals surface area contributed by atoms with Crippen molar-refractivity contribution in [3.63, 3.8) is 0 Å². The molecule has 62 valence electrons. The number of allylic oxidation sites excluding steroid dienone is 1. The SMILES string of the molecule is NC1=CNc2ccccc2CC1. The molecule has 0 atom stereocenters. The number of rotatable bonds is 0. The summed E-state index contributed by atoms with van der Waals surface area (Å²) in [6, 6.07) is 8.29. The van der Waals surface area contributed by atoms with Gasteiger partial charge in [-0.15, -0.1) is 0 Å². The highest BCUT2D eigenvalue weighted by Gasteiger charge is 2.04. The first-order chi connectivity index (χ1) is 5.86. The molecule has 1 aromatic carbocycles. The van der Waals surface area contributed by atoms with Crippen molar-refractivity contribution in [2.24, 2.45) is 5.73 Å². The molecule has 0 aliphatic carbocycles. The molecule has 0 aromatic heterocycles. The van der Waals surface area contributed by atoms with Crippen LogP contribution in [-0.2, 0) is 6.42 Å². The van der Waals surface area contributed by atoms with Crippen molar-refractivity contribution < 1.29 is 0 Å². The maximum Gasteiger partial charge on any atom is 0.0412 e. The number of aryl methyl sites for hydroxylation is 1. The monoisotopic (exact) mass is 160 g/mol. The second-order valence-corrected chi connectivity index (χ2v) is 3.02. The zero-order valence-electron chi connectivity index (χ0n) is 6.88. The Balaban J connectivity index is 2.35. The van der Waals surface area contributed by atoms with E-state index < -0.39 is 0 Å². The molecule has 12 heavy (non-hydrogen) atoms. The van der Waals surface area contributed by atoms with E-state index in [0.717, 1.165) is 18.5 Å². The van der Waals surface area contributed by atoms with Crippen LogP contribution in [0.5, 0.6) is 0 Å². The lowest BCUT2D eigenvalue weighted by Crippen LogP contribution is -1.98. The summed E-state index contributed by atoms with van der Waals surface area (Å²) in [4.78, 5) is 0. The fraction of sp³-hybridized carbons (Fsp3) is 0.200. The summed E-state index contributed by atoms with van der Waals surface area (Å²) in [6.07, 6.45) is 3.86. The first-order valence-electron chi connectivity index (χ1n) is 4.15. The number of para-hydroxylation sites is 1. The maximum atomic E-state index is 5.71. The fourth-order valence-electron chi connectivity index (χ4n) is 1.40. The van der Waals surface area contributed by atoms with Gasteiger partial charge in [0, 0.05) is 17.6 Å². The third kappa shape index (κ3) is 1.28. The van der Waals surface area contributed by atoms with Crippen LogP contribution in [0.2, 0.25) is 0 Å². The van der Waals surface area contributed by atoms with E-state index in [9.17, 15) is 0 Å². The quantitative estimate of drug-likeness (QED) is 0.607. The highest BCUT2D eigenvalue weighted by atomic mass is 14.9. The van der Waals surface area contributed by atoms with E-state index in [-0.39, 0.29) is 0 Å². The highest BCUT2D eigenvalue weighted by molar-refractivity contribution is 5.54. The Kier molecular flexibility index (Phi) is 1.74. The summed E-state index contributed by atoms with van der Waals surface area (Å²) in [7, 11) is 0. The Morgan fingerprint density at radius 3 is 2.92 bits per heavy atom. The van der Waals surface area contributed by atoms with Crippen LogP contribution >= 0.6 is 0 Å². The molecule has 0 unspecified atom stereocenters. The molecule has 2 rings (SSSR count). The van der Waals surface area contributed by atoms with Gasteiger partial charge < -0.3 is 11.1 Å². The van der Waals surface area contributed by atoms with Crippen LogP contribution in [-0.4, -0.2) is 0 Å². The minimum atomic E-state index is 0.922. The van der Waals surface area contributed by atoms with Gasteiger partial charge in [-0.1, -0.05) is 18.2 Å². The van der Waals surface area contributed by atoms with Crippen LogP contribution in [0, 0.1) is 0 Å². The van der Waals surface area contributed by atoms with Gasteiger partial charge in [0.05, 0.1) is 0 Å². The molecule has 0 saturated carbocycles. The second kappa shape index (κ2) is 2.89. The molecule has 0 saturated heterocycles. The van der Waals surface area contributed by atoms with Crippen molar-refractivity contribution in [3.8, 4) is 0 Å². The molecule has 0 radical (unpaired) electrons. The Morgan fingerprint density at radius 2 is 2.00 bits per heavy atom. The molecule has 1 aliphatic rings. The van der Waals surface area contributed by atoms with Crippen LogP contribution in [0.1, 0.15) is 12.0 Å². The molecule has 2 heteroatoms. The molecule has 1 aliphatic heterocycles. The topological polar surface area (TPSA) is 38.0 Å². The van der Waals surface area contributed by atoms with E-state index in [2.05, 4.69) is 23.5 Å². The van der Waals surface area contributed by atoms with E-state index >= 15 is 0 Å². The predicted molar refractivity (Wildman–Crippen MR) is 50.7 cm³/mol. The Labute approximate surface area is 72.1 Å². The standard InChI is InChI=1S/C10H12N2/c11-9-6-5-8-3-1-2-4-10(8)12-7-9/h1-4,7,12H,5-6,11H2. The van der Waals surface area contributed by atoms with Gasteiger partial charge in [-0.05, 0) is 24.5 Å². The number of benzene rings is 1. The molecule has 1 aromatic rings. The predicted octanol–water partition coefficient (Wildman–Crippen LogP) is 1.84. The van der Waals surface area contributed by atoms with Crippen molar-refractivity contribution in [1.82, 2.24) is 0 Å². The number of nitrogens with two attached hydrogens (primary N) is 1. The summed E-state index contributed by atoms with van der Waals surface area (Å²) < 4.78 is 0. The largest absolute Gasteiger partial charge is 0.401 e. The second-order valence-electron chi connectivity index (χ2n) is 3.02. The van der Waals surface area contributed by atoms with E-state index in [4.69, 9.17) is 5.73 Å². The molecular weight excluding hydrogens is 148 g/mol. The van der Waals surface area contributed by atoms with Crippen molar-refractivity contribution in [3.05, 3.63) is 41.7 Å². The van der Waals surface area contributed by atoms with Gasteiger partial charge in [0.2, 0.25) is 0 Å². The van der Waals surface area contributed by atoms with E-state index in [0.29, 0.717) is 0 Å². The van der Waals surface area contributed by atoms with Crippen LogP contribution in [0.15, 0.2) is 36.2 Å². The molecule has 0 amide bonds. The molecule has 0 spiro atoms. The molecule has 1 heterocycles. The first kappa shape index (κ1) is 7.22. The van der Waals surface area contributed by atoms with Gasteiger partial charge in [-0.25, -0.2) is 0 Å². The lowest BCUT2D eigenvalue weighted by atomic mass is 10.1. The molecular formula is C10H12N2. The van der Waals surface area contributed by atoms with E-state index in [1.165, 1.54) is 11.3 Å². The third-order valence-electron chi connectivity index (χ3n) is 2.11. The van der Waals surface area contributed by atoms with Gasteiger partial charge in [0.15, 0.2) is 0 Å². The van der Waals surface area contributed by atoms with E-state index in [1.54, 1.807) is 0 Å². The Morgan fingerprint density at radius 1 is 1.17 bits per heavy atom. The minimum absolute atomic E-state index is 0.922. The minimum Gasteiger partial charge on any atom is -0.401 e. The van der Waals surface area contributed by atoms with Gasteiger partial charge in [-0.2, -0.15) is 0 Å². The normalized spacial score (nSPS) is 15.5. The zero-order chi connectivity index (χ0) is 8.39. The van der Waals surface area contributed by atoms with Gasteiger partial charge in [-0.3, -0.25) is 0 Å².